The van der Waals surface area contributed by atoms with Crippen LogP contribution >= 0.6 is 0 Å². The number of carbonyl (C=O) groups excluding carboxylic acids is 1. The predicted molar refractivity (Wildman–Crippen MR) is 118 cm³/mol. The van der Waals surface area contributed by atoms with Crippen LogP contribution in [0.5, 0.6) is 0 Å². The first-order valence-electron chi connectivity index (χ1n) is 11.4. The first kappa shape index (κ1) is 21.8. The summed E-state index contributed by atoms with van der Waals surface area (Å²) >= 11 is 0. The first-order valence-corrected chi connectivity index (χ1v) is 13.0. The van der Waals surface area contributed by atoms with E-state index in [0.29, 0.717) is 31.2 Å². The minimum atomic E-state index is -3.31. The molecule has 0 spiro atoms. The molecule has 1 aromatic carbocycles. The maximum Gasteiger partial charge on any atom is 0.238 e. The van der Waals surface area contributed by atoms with Crippen molar-refractivity contribution in [2.24, 2.45) is 17.8 Å². The van der Waals surface area contributed by atoms with Gasteiger partial charge in [-0.2, -0.15) is 4.31 Å². The summed E-state index contributed by atoms with van der Waals surface area (Å²) in [5.41, 5.74) is 1.33. The molecule has 2 aliphatic heterocycles. The number of amides is 1. The van der Waals surface area contributed by atoms with Gasteiger partial charge in [-0.3, -0.25) is 9.69 Å². The lowest BCUT2D eigenvalue weighted by atomic mass is 9.97. The van der Waals surface area contributed by atoms with Crippen molar-refractivity contribution in [1.82, 2.24) is 14.5 Å². The molecule has 6 nitrogen and oxygen atoms in total. The lowest BCUT2D eigenvalue weighted by Gasteiger charge is -2.29. The molecule has 0 aromatic heterocycles. The fraction of sp³-hybridized carbons (Fsp3) is 0.696. The Hall–Kier alpha value is -1.44. The quantitative estimate of drug-likeness (QED) is 0.717. The average molecular weight is 434 g/mol. The van der Waals surface area contributed by atoms with Gasteiger partial charge in [-0.05, 0) is 49.0 Å². The van der Waals surface area contributed by atoms with E-state index in [1.54, 1.807) is 0 Å². The molecule has 1 aliphatic carbocycles. The summed E-state index contributed by atoms with van der Waals surface area (Å²) in [6.45, 7) is 7.61. The largest absolute Gasteiger partial charge is 0.352 e. The number of rotatable bonds is 7. The van der Waals surface area contributed by atoms with E-state index in [-0.39, 0.29) is 23.6 Å². The van der Waals surface area contributed by atoms with Gasteiger partial charge in [0.25, 0.3) is 0 Å². The summed E-state index contributed by atoms with van der Waals surface area (Å²) in [7, 11) is -3.31. The third-order valence-corrected chi connectivity index (χ3v) is 8.95. The third kappa shape index (κ3) is 4.73. The zero-order valence-electron chi connectivity index (χ0n) is 18.2. The third-order valence-electron chi connectivity index (χ3n) is 6.99. The number of hydrogen-bond acceptors (Lipinski definition) is 4. The van der Waals surface area contributed by atoms with Gasteiger partial charge < -0.3 is 5.32 Å². The van der Waals surface area contributed by atoms with Crippen molar-refractivity contribution >= 4 is 15.9 Å². The molecule has 1 amide bonds. The van der Waals surface area contributed by atoms with Gasteiger partial charge >= 0.3 is 0 Å². The summed E-state index contributed by atoms with van der Waals surface area (Å²) in [4.78, 5) is 15.7. The molecule has 4 atom stereocenters. The maximum absolute atomic E-state index is 13.2. The molecule has 2 saturated heterocycles. The summed E-state index contributed by atoms with van der Waals surface area (Å²) in [5, 5.41) is 3.28. The van der Waals surface area contributed by atoms with Crippen LogP contribution in [0.15, 0.2) is 30.3 Å². The van der Waals surface area contributed by atoms with E-state index < -0.39 is 16.1 Å². The Morgan fingerprint density at radius 2 is 1.93 bits per heavy atom. The Bertz CT molecular complexity index is 843. The average Bonchev–Trinajstić information content (AvgIpc) is 3.35. The molecule has 7 heteroatoms. The van der Waals surface area contributed by atoms with Crippen LogP contribution < -0.4 is 5.32 Å². The van der Waals surface area contributed by atoms with Crippen LogP contribution in [0.25, 0.3) is 0 Å². The van der Waals surface area contributed by atoms with E-state index >= 15 is 0 Å². The van der Waals surface area contributed by atoms with Crippen molar-refractivity contribution in [3.8, 4) is 0 Å². The zero-order chi connectivity index (χ0) is 21.3. The van der Waals surface area contributed by atoms with Crippen LogP contribution in [-0.2, 0) is 21.4 Å². The summed E-state index contributed by atoms with van der Waals surface area (Å²) in [6.07, 6.45) is 3.33. The number of likely N-dealkylation sites (tertiary alicyclic amines) is 1. The van der Waals surface area contributed by atoms with E-state index in [0.717, 1.165) is 32.5 Å². The Kier molecular flexibility index (Phi) is 6.51. The van der Waals surface area contributed by atoms with Gasteiger partial charge in [-0.15, -0.1) is 0 Å². The molecule has 0 radical (unpaired) electrons. The first-order chi connectivity index (χ1) is 14.3. The molecule has 3 aliphatic rings. The lowest BCUT2D eigenvalue weighted by Crippen LogP contribution is -2.52. The van der Waals surface area contributed by atoms with Crippen molar-refractivity contribution in [2.45, 2.75) is 58.2 Å². The van der Waals surface area contributed by atoms with Gasteiger partial charge in [-0.25, -0.2) is 8.42 Å². The fourth-order valence-electron chi connectivity index (χ4n) is 5.60. The topological polar surface area (TPSA) is 69.7 Å². The van der Waals surface area contributed by atoms with E-state index in [1.807, 2.05) is 19.9 Å². The van der Waals surface area contributed by atoms with Gasteiger partial charge in [0, 0.05) is 32.2 Å². The second kappa shape index (κ2) is 8.97. The number of nitrogens with zero attached hydrogens (tertiary/aromatic N) is 2. The lowest BCUT2D eigenvalue weighted by molar-refractivity contribution is -0.126. The van der Waals surface area contributed by atoms with Gasteiger partial charge in [0.1, 0.15) is 6.04 Å². The highest BCUT2D eigenvalue weighted by Crippen LogP contribution is 2.39. The van der Waals surface area contributed by atoms with Crippen molar-refractivity contribution in [1.29, 1.82) is 0 Å². The molecule has 1 aromatic rings. The summed E-state index contributed by atoms with van der Waals surface area (Å²) in [5.74, 6) is 1.42. The minimum absolute atomic E-state index is 0.0960. The Labute approximate surface area is 181 Å². The van der Waals surface area contributed by atoms with Crippen LogP contribution in [0.4, 0.5) is 0 Å². The van der Waals surface area contributed by atoms with Crippen LogP contribution in [0.2, 0.25) is 0 Å². The monoisotopic (exact) mass is 433 g/mol. The molecule has 3 fully saturated rings. The van der Waals surface area contributed by atoms with E-state index in [9.17, 15) is 13.2 Å². The Morgan fingerprint density at radius 1 is 1.17 bits per heavy atom. The van der Waals surface area contributed by atoms with E-state index in [1.165, 1.54) is 9.87 Å². The molecule has 0 bridgehead atoms. The smallest absolute Gasteiger partial charge is 0.238 e. The molecule has 1 saturated carbocycles. The second-order valence-electron chi connectivity index (χ2n) is 9.72. The van der Waals surface area contributed by atoms with E-state index in [2.05, 4.69) is 34.5 Å². The van der Waals surface area contributed by atoms with Crippen molar-refractivity contribution in [2.75, 3.05) is 25.4 Å². The number of benzene rings is 1. The van der Waals surface area contributed by atoms with Gasteiger partial charge in [-0.1, -0.05) is 44.2 Å². The summed E-state index contributed by atoms with van der Waals surface area (Å²) < 4.78 is 26.4. The summed E-state index contributed by atoms with van der Waals surface area (Å²) in [6, 6.07) is 10.1. The zero-order valence-corrected chi connectivity index (χ0v) is 19.0. The number of fused-ring (bicyclic) bond motifs is 1. The molecule has 1 unspecified atom stereocenters. The van der Waals surface area contributed by atoms with Crippen LogP contribution in [0.3, 0.4) is 0 Å². The molecular formula is C23H35N3O3S. The normalized spacial score (nSPS) is 29.9. The minimum Gasteiger partial charge on any atom is -0.352 e. The van der Waals surface area contributed by atoms with Crippen molar-refractivity contribution in [3.63, 3.8) is 0 Å². The van der Waals surface area contributed by atoms with Gasteiger partial charge in [0.05, 0.1) is 5.75 Å². The fourth-order valence-corrected chi connectivity index (χ4v) is 7.30. The predicted octanol–water partition coefficient (Wildman–Crippen LogP) is 2.46. The molecule has 166 valence electrons. The number of sulfonamides is 1. The van der Waals surface area contributed by atoms with Crippen LogP contribution in [0, 0.1) is 17.8 Å². The van der Waals surface area contributed by atoms with Gasteiger partial charge in [0.2, 0.25) is 15.9 Å². The van der Waals surface area contributed by atoms with Crippen LogP contribution in [0.1, 0.15) is 45.1 Å². The Morgan fingerprint density at radius 3 is 2.60 bits per heavy atom. The number of carbonyl (C=O) groups is 1. The number of hydrogen-bond donors (Lipinski definition) is 1. The highest BCUT2D eigenvalue weighted by atomic mass is 32.2. The molecule has 1 N–H and O–H groups in total. The van der Waals surface area contributed by atoms with Gasteiger partial charge in [0.15, 0.2) is 0 Å². The molecule has 30 heavy (non-hydrogen) atoms. The Balaban J connectivity index is 1.40. The van der Waals surface area contributed by atoms with Crippen molar-refractivity contribution < 1.29 is 13.2 Å². The SMILES string of the molecule is CC(C)CC(C(=O)N[C@@H]1CC[C@H]2CN(Cc3ccccc3)C[C@H]21)N1CCCS1(=O)=O. The molecule has 4 rings (SSSR count). The van der Waals surface area contributed by atoms with Crippen LogP contribution in [-0.4, -0.2) is 61.0 Å². The maximum atomic E-state index is 13.2. The number of nitrogens with one attached hydrogen (secondary N) is 1. The second-order valence-corrected chi connectivity index (χ2v) is 11.8. The molecular weight excluding hydrogens is 398 g/mol. The van der Waals surface area contributed by atoms with Crippen molar-refractivity contribution in [3.05, 3.63) is 35.9 Å². The highest BCUT2D eigenvalue weighted by Gasteiger charge is 2.45. The highest BCUT2D eigenvalue weighted by molar-refractivity contribution is 7.89. The molecule has 2 heterocycles. The standard InChI is InChI=1S/C23H35N3O3S/c1-17(2)13-22(26-11-6-12-30(26,28)29)23(27)24-21-10-9-19-15-25(16-20(19)21)14-18-7-4-3-5-8-18/h3-5,7-8,17,19-22H,6,9-16H2,1-2H3,(H,24,27)/t19-,20+,21+,22?/m0/s1. The van der Waals surface area contributed by atoms with E-state index in [4.69, 9.17) is 0 Å².